The van der Waals surface area contributed by atoms with E-state index in [1.165, 1.54) is 6.42 Å². The van der Waals surface area contributed by atoms with Gasteiger partial charge >= 0.3 is 0 Å². The maximum Gasteiger partial charge on any atom is 0.00576 e. The largest absolute Gasteiger partial charge is 0.120 e. The molecule has 0 aromatic heterocycles. The zero-order valence-electron chi connectivity index (χ0n) is 5.49. The van der Waals surface area contributed by atoms with Gasteiger partial charge in [-0.05, 0) is 0 Å². The smallest absolute Gasteiger partial charge is 0.00576 e. The van der Waals surface area contributed by atoms with Crippen LogP contribution in [0.3, 0.4) is 0 Å². The van der Waals surface area contributed by atoms with Gasteiger partial charge in [0.25, 0.3) is 0 Å². The van der Waals surface area contributed by atoms with Crippen LogP contribution in [0, 0.1) is 12.3 Å². The molecule has 0 spiro atoms. The van der Waals surface area contributed by atoms with E-state index < -0.39 is 0 Å². The first kappa shape index (κ1) is 9.75. The minimum Gasteiger partial charge on any atom is -0.120 e. The predicted molar refractivity (Wildman–Crippen MR) is 35.1 cm³/mol. The van der Waals surface area contributed by atoms with Gasteiger partial charge in [-0.25, -0.2) is 0 Å². The van der Waals surface area contributed by atoms with E-state index in [9.17, 15) is 0 Å². The van der Waals surface area contributed by atoms with Crippen LogP contribution in [0.1, 0.15) is 33.6 Å². The summed E-state index contributed by atoms with van der Waals surface area (Å²) >= 11 is 0. The van der Waals surface area contributed by atoms with Crippen LogP contribution in [0.4, 0.5) is 0 Å². The Balaban J connectivity index is 0. The second-order valence-corrected chi connectivity index (χ2v) is 1.26. The fraction of sp³-hybridized carbons (Fsp3) is 0.714. The SMILES string of the molecule is C#CCC.CCC. The van der Waals surface area contributed by atoms with E-state index in [0.717, 1.165) is 6.42 Å². The van der Waals surface area contributed by atoms with Crippen molar-refractivity contribution in [1.29, 1.82) is 0 Å². The quantitative estimate of drug-likeness (QED) is 0.408. The van der Waals surface area contributed by atoms with Gasteiger partial charge in [-0.1, -0.05) is 27.2 Å². The van der Waals surface area contributed by atoms with Crippen LogP contribution in [0.5, 0.6) is 0 Å². The first-order chi connectivity index (χ1) is 3.33. The molecule has 0 aromatic rings. The summed E-state index contributed by atoms with van der Waals surface area (Å²) < 4.78 is 0. The number of hydrogen-bond acceptors (Lipinski definition) is 0. The molecule has 0 radical (unpaired) electrons. The third-order valence-electron chi connectivity index (χ3n) is 0.204. The zero-order chi connectivity index (χ0) is 6.12. The van der Waals surface area contributed by atoms with Gasteiger partial charge in [0.1, 0.15) is 0 Å². The van der Waals surface area contributed by atoms with Gasteiger partial charge in [0.15, 0.2) is 0 Å². The Labute approximate surface area is 46.9 Å². The summed E-state index contributed by atoms with van der Waals surface area (Å²) in [4.78, 5) is 0. The van der Waals surface area contributed by atoms with Gasteiger partial charge in [0, 0.05) is 6.42 Å². The molecule has 0 unspecified atom stereocenters. The van der Waals surface area contributed by atoms with E-state index in [2.05, 4.69) is 19.8 Å². The zero-order valence-corrected chi connectivity index (χ0v) is 5.49. The molecule has 0 fully saturated rings. The Hall–Kier alpha value is -0.440. The summed E-state index contributed by atoms with van der Waals surface area (Å²) in [5.41, 5.74) is 0. The van der Waals surface area contributed by atoms with Crippen LogP contribution < -0.4 is 0 Å². The average Bonchev–Trinajstić information content (AvgIpc) is 1.69. The molecule has 0 saturated carbocycles. The van der Waals surface area contributed by atoms with Crippen molar-refractivity contribution >= 4 is 0 Å². The van der Waals surface area contributed by atoms with Gasteiger partial charge in [-0.3, -0.25) is 0 Å². The van der Waals surface area contributed by atoms with E-state index in [0.29, 0.717) is 0 Å². The summed E-state index contributed by atoms with van der Waals surface area (Å²) in [6.45, 7) is 6.19. The maximum atomic E-state index is 4.78. The van der Waals surface area contributed by atoms with Crippen LogP contribution in [0.15, 0.2) is 0 Å². The lowest BCUT2D eigenvalue weighted by Gasteiger charge is -1.52. The lowest BCUT2D eigenvalue weighted by Crippen LogP contribution is -1.38. The molecule has 0 saturated heterocycles. The first-order valence-electron chi connectivity index (χ1n) is 2.76. The minimum atomic E-state index is 0.847. The summed E-state index contributed by atoms with van der Waals surface area (Å²) in [5.74, 6) is 2.43. The van der Waals surface area contributed by atoms with Crippen LogP contribution in [-0.2, 0) is 0 Å². The molecule has 0 heteroatoms. The maximum absolute atomic E-state index is 4.78. The van der Waals surface area contributed by atoms with Crippen LogP contribution in [0.25, 0.3) is 0 Å². The molecule has 0 bridgehead atoms. The van der Waals surface area contributed by atoms with Gasteiger partial charge in [-0.2, -0.15) is 0 Å². The van der Waals surface area contributed by atoms with Crippen molar-refractivity contribution in [2.75, 3.05) is 0 Å². The average molecular weight is 98.2 g/mol. The van der Waals surface area contributed by atoms with Crippen molar-refractivity contribution in [2.24, 2.45) is 0 Å². The molecular formula is C7H14. The molecule has 42 valence electrons. The highest BCUT2D eigenvalue weighted by Crippen LogP contribution is 1.58. The molecule has 0 aliphatic heterocycles. The number of hydrogen-bond donors (Lipinski definition) is 0. The van der Waals surface area contributed by atoms with Crippen LogP contribution in [0.2, 0.25) is 0 Å². The van der Waals surface area contributed by atoms with Crippen molar-refractivity contribution in [3.63, 3.8) is 0 Å². The van der Waals surface area contributed by atoms with E-state index in [-0.39, 0.29) is 0 Å². The molecule has 0 aliphatic carbocycles. The summed E-state index contributed by atoms with van der Waals surface area (Å²) in [5, 5.41) is 0. The molecule has 7 heavy (non-hydrogen) atoms. The second-order valence-electron chi connectivity index (χ2n) is 1.26. The Morgan fingerprint density at radius 2 is 1.43 bits per heavy atom. The second kappa shape index (κ2) is 17.6. The molecule has 0 heterocycles. The Morgan fingerprint density at radius 1 is 1.29 bits per heavy atom. The molecular weight excluding hydrogens is 84.1 g/mol. The highest BCUT2D eigenvalue weighted by atomic mass is 13.5. The van der Waals surface area contributed by atoms with Gasteiger partial charge < -0.3 is 0 Å². The first-order valence-corrected chi connectivity index (χ1v) is 2.76. The fourth-order valence-corrected chi connectivity index (χ4v) is 0. The van der Waals surface area contributed by atoms with Crippen LogP contribution >= 0.6 is 0 Å². The van der Waals surface area contributed by atoms with Gasteiger partial charge in [0.2, 0.25) is 0 Å². The fourth-order valence-electron chi connectivity index (χ4n) is 0. The Bertz CT molecular complexity index is 38.5. The number of terminal acetylenes is 1. The van der Waals surface area contributed by atoms with Crippen molar-refractivity contribution < 1.29 is 0 Å². The highest BCUT2D eigenvalue weighted by Gasteiger charge is 1.43. The summed E-state index contributed by atoms with van der Waals surface area (Å²) in [6, 6.07) is 0. The van der Waals surface area contributed by atoms with E-state index in [1.54, 1.807) is 0 Å². The van der Waals surface area contributed by atoms with Crippen molar-refractivity contribution in [1.82, 2.24) is 0 Å². The van der Waals surface area contributed by atoms with E-state index in [1.807, 2.05) is 6.92 Å². The van der Waals surface area contributed by atoms with Gasteiger partial charge in [0.05, 0.1) is 0 Å². The molecule has 0 N–H and O–H groups in total. The van der Waals surface area contributed by atoms with Crippen molar-refractivity contribution in [3.8, 4) is 12.3 Å². The monoisotopic (exact) mass is 98.1 g/mol. The van der Waals surface area contributed by atoms with E-state index in [4.69, 9.17) is 6.42 Å². The predicted octanol–water partition coefficient (Wildman–Crippen LogP) is 2.45. The minimum absolute atomic E-state index is 0.847. The molecule has 0 amide bonds. The molecule has 0 atom stereocenters. The third-order valence-corrected chi connectivity index (χ3v) is 0.204. The third kappa shape index (κ3) is 225. The standard InChI is InChI=1S/C4H6.C3H8/c1-3-4-2;1-3-2/h1H,4H2,2H3;3H2,1-2H3. The number of rotatable bonds is 0. The van der Waals surface area contributed by atoms with Crippen molar-refractivity contribution in [3.05, 3.63) is 0 Å². The lowest BCUT2D eigenvalue weighted by atomic mass is 10.5. The topological polar surface area (TPSA) is 0 Å². The normalized spacial score (nSPS) is 5.43. The Kier molecular flexibility index (Phi) is 24.6. The molecule has 0 rings (SSSR count). The van der Waals surface area contributed by atoms with Gasteiger partial charge in [-0.15, -0.1) is 12.3 Å². The summed E-state index contributed by atoms with van der Waals surface area (Å²) in [6.07, 6.45) is 6.88. The molecule has 0 nitrogen and oxygen atoms in total. The lowest BCUT2D eigenvalue weighted by molar-refractivity contribution is 1.09. The van der Waals surface area contributed by atoms with E-state index >= 15 is 0 Å². The van der Waals surface area contributed by atoms with Crippen molar-refractivity contribution in [2.45, 2.75) is 33.6 Å². The molecule has 0 aliphatic rings. The highest BCUT2D eigenvalue weighted by molar-refractivity contribution is 4.80. The molecule has 0 aromatic carbocycles. The van der Waals surface area contributed by atoms with Crippen LogP contribution in [-0.4, -0.2) is 0 Å². The Morgan fingerprint density at radius 3 is 1.43 bits per heavy atom. The summed E-state index contributed by atoms with van der Waals surface area (Å²) in [7, 11) is 0.